The molecule has 0 saturated carbocycles. The second-order valence-electron chi connectivity index (χ2n) is 8.74. The van der Waals surface area contributed by atoms with Crippen molar-refractivity contribution in [2.24, 2.45) is 5.92 Å². The van der Waals surface area contributed by atoms with Gasteiger partial charge in [-0.25, -0.2) is 14.8 Å². The minimum atomic E-state index is -0.402. The van der Waals surface area contributed by atoms with Crippen molar-refractivity contribution in [1.29, 1.82) is 0 Å². The number of unbranched alkanes of at least 4 members (excludes halogenated alkanes) is 6. The normalized spacial score (nSPS) is 11.6. The Morgan fingerprint density at radius 3 is 2.35 bits per heavy atom. The number of rotatable bonds is 12. The van der Waals surface area contributed by atoms with E-state index in [1.54, 1.807) is 0 Å². The van der Waals surface area contributed by atoms with Gasteiger partial charge in [0.25, 0.3) is 0 Å². The Bertz CT molecular complexity index is 1010. The molecule has 0 amide bonds. The number of hydrogen-bond acceptors (Lipinski definition) is 5. The summed E-state index contributed by atoms with van der Waals surface area (Å²) in [6, 6.07) is 7.68. The molecule has 0 unspecified atom stereocenters. The van der Waals surface area contributed by atoms with Crippen LogP contribution in [0.3, 0.4) is 0 Å². The zero-order chi connectivity index (χ0) is 22.2. The molecule has 3 aromatic rings. The first-order chi connectivity index (χ1) is 15.0. The summed E-state index contributed by atoms with van der Waals surface area (Å²) in [5.74, 6) is 0.509. The van der Waals surface area contributed by atoms with Gasteiger partial charge in [-0.05, 0) is 30.9 Å². The van der Waals surface area contributed by atoms with Gasteiger partial charge in [-0.2, -0.15) is 0 Å². The van der Waals surface area contributed by atoms with Crippen LogP contribution < -0.4 is 5.73 Å². The van der Waals surface area contributed by atoms with Crippen LogP contribution in [0.15, 0.2) is 24.3 Å². The smallest absolute Gasteiger partial charge is 0.344 e. The second kappa shape index (κ2) is 11.1. The zero-order valence-corrected chi connectivity index (χ0v) is 19.2. The van der Waals surface area contributed by atoms with Crippen molar-refractivity contribution in [1.82, 2.24) is 14.5 Å². The molecule has 6 nitrogen and oxygen atoms in total. The van der Waals surface area contributed by atoms with Gasteiger partial charge in [-0.3, -0.25) is 0 Å². The van der Waals surface area contributed by atoms with E-state index in [2.05, 4.69) is 20.8 Å². The van der Waals surface area contributed by atoms with E-state index >= 15 is 0 Å². The van der Waals surface area contributed by atoms with Crippen LogP contribution in [0.4, 0.5) is 5.82 Å². The number of nitrogen functional groups attached to an aromatic ring is 1. The number of aryl methyl sites for hydroxylation is 1. The lowest BCUT2D eigenvalue weighted by Gasteiger charge is -2.09. The van der Waals surface area contributed by atoms with Crippen molar-refractivity contribution < 1.29 is 9.53 Å². The van der Waals surface area contributed by atoms with Gasteiger partial charge in [-0.15, -0.1) is 0 Å². The average Bonchev–Trinajstić information content (AvgIpc) is 3.02. The molecule has 168 valence electrons. The van der Waals surface area contributed by atoms with Gasteiger partial charge in [0.15, 0.2) is 5.65 Å². The molecule has 0 bridgehead atoms. The Kier molecular flexibility index (Phi) is 8.27. The van der Waals surface area contributed by atoms with Crippen molar-refractivity contribution in [2.45, 2.75) is 78.7 Å². The third kappa shape index (κ3) is 5.75. The lowest BCUT2D eigenvalue weighted by Crippen LogP contribution is -2.11. The van der Waals surface area contributed by atoms with Crippen LogP contribution in [0.2, 0.25) is 0 Å². The van der Waals surface area contributed by atoms with Crippen molar-refractivity contribution in [3.8, 4) is 0 Å². The zero-order valence-electron chi connectivity index (χ0n) is 19.2. The minimum Gasteiger partial charge on any atom is -0.462 e. The summed E-state index contributed by atoms with van der Waals surface area (Å²) in [5.41, 5.74) is 9.52. The SMILES string of the molecule is CCCCCCCCCOC(=O)c1c(N)n(CCC(C)C)c2nc3ccccc3nc12. The van der Waals surface area contributed by atoms with Crippen molar-refractivity contribution in [2.75, 3.05) is 12.3 Å². The number of aromatic nitrogens is 3. The Morgan fingerprint density at radius 2 is 1.68 bits per heavy atom. The van der Waals surface area contributed by atoms with E-state index in [0.29, 0.717) is 41.6 Å². The maximum Gasteiger partial charge on any atom is 0.344 e. The largest absolute Gasteiger partial charge is 0.462 e. The topological polar surface area (TPSA) is 83.0 Å². The van der Waals surface area contributed by atoms with E-state index < -0.39 is 5.97 Å². The molecule has 3 rings (SSSR count). The van der Waals surface area contributed by atoms with Crippen molar-refractivity contribution in [3.05, 3.63) is 29.8 Å². The van der Waals surface area contributed by atoms with Crippen LogP contribution in [-0.2, 0) is 11.3 Å². The highest BCUT2D eigenvalue weighted by atomic mass is 16.5. The highest BCUT2D eigenvalue weighted by Gasteiger charge is 2.25. The number of nitrogens with two attached hydrogens (primary N) is 1. The quantitative estimate of drug-likeness (QED) is 0.280. The van der Waals surface area contributed by atoms with Gasteiger partial charge in [-0.1, -0.05) is 71.4 Å². The van der Waals surface area contributed by atoms with Gasteiger partial charge in [0.2, 0.25) is 0 Å². The van der Waals surface area contributed by atoms with E-state index in [0.717, 1.165) is 30.3 Å². The van der Waals surface area contributed by atoms with Crippen LogP contribution in [0, 0.1) is 5.92 Å². The predicted molar refractivity (Wildman–Crippen MR) is 127 cm³/mol. The maximum atomic E-state index is 13.0. The number of esters is 1. The fourth-order valence-corrected chi connectivity index (χ4v) is 3.83. The highest BCUT2D eigenvalue weighted by Crippen LogP contribution is 2.29. The first kappa shape index (κ1) is 23.0. The number of nitrogens with zero attached hydrogens (tertiary/aromatic N) is 3. The van der Waals surface area contributed by atoms with E-state index in [-0.39, 0.29) is 0 Å². The van der Waals surface area contributed by atoms with E-state index in [1.165, 1.54) is 32.1 Å². The monoisotopic (exact) mass is 424 g/mol. The average molecular weight is 425 g/mol. The van der Waals surface area contributed by atoms with Gasteiger partial charge >= 0.3 is 5.97 Å². The van der Waals surface area contributed by atoms with Gasteiger partial charge < -0.3 is 15.0 Å². The number of ether oxygens (including phenoxy) is 1. The first-order valence-electron chi connectivity index (χ1n) is 11.7. The Labute approximate surface area is 185 Å². The van der Waals surface area contributed by atoms with Crippen LogP contribution in [0.1, 0.15) is 82.5 Å². The Morgan fingerprint density at radius 1 is 1.03 bits per heavy atom. The molecular weight excluding hydrogens is 388 g/mol. The van der Waals surface area contributed by atoms with Crippen molar-refractivity contribution >= 4 is 34.0 Å². The summed E-state index contributed by atoms with van der Waals surface area (Å²) in [6.45, 7) is 7.66. The number of fused-ring (bicyclic) bond motifs is 2. The summed E-state index contributed by atoms with van der Waals surface area (Å²) in [4.78, 5) is 22.5. The first-order valence-corrected chi connectivity index (χ1v) is 11.7. The summed E-state index contributed by atoms with van der Waals surface area (Å²) >= 11 is 0. The lowest BCUT2D eigenvalue weighted by atomic mass is 10.1. The number of anilines is 1. The molecule has 0 radical (unpaired) electrons. The Hall–Kier alpha value is -2.63. The molecule has 0 aliphatic carbocycles. The summed E-state index contributed by atoms with van der Waals surface area (Å²) in [5, 5.41) is 0. The molecule has 31 heavy (non-hydrogen) atoms. The van der Waals surface area contributed by atoms with Crippen LogP contribution >= 0.6 is 0 Å². The summed E-state index contributed by atoms with van der Waals surface area (Å²) in [7, 11) is 0. The predicted octanol–water partition coefficient (Wildman–Crippen LogP) is 6.12. The molecule has 2 heterocycles. The van der Waals surface area contributed by atoms with E-state index in [4.69, 9.17) is 20.4 Å². The molecule has 0 aliphatic rings. The number of carbonyl (C=O) groups is 1. The maximum absolute atomic E-state index is 13.0. The third-order valence-electron chi connectivity index (χ3n) is 5.71. The standard InChI is InChI=1S/C25H36N4O2/c1-4-5-6-7-8-9-12-17-31-25(30)21-22-24(29(23(21)26)16-15-18(2)3)28-20-14-11-10-13-19(20)27-22/h10-11,13-14,18H,4-9,12,15-17,26H2,1-3H3. The van der Waals surface area contributed by atoms with Gasteiger partial charge in [0, 0.05) is 6.54 Å². The number of hydrogen-bond donors (Lipinski definition) is 1. The molecule has 1 aromatic carbocycles. The van der Waals surface area contributed by atoms with Crippen molar-refractivity contribution in [3.63, 3.8) is 0 Å². The number of benzene rings is 1. The second-order valence-corrected chi connectivity index (χ2v) is 8.74. The molecule has 2 N–H and O–H groups in total. The molecular formula is C25H36N4O2. The molecule has 2 aromatic heterocycles. The van der Waals surface area contributed by atoms with E-state index in [9.17, 15) is 4.79 Å². The Balaban J connectivity index is 1.77. The van der Waals surface area contributed by atoms with Crippen LogP contribution in [0.25, 0.3) is 22.2 Å². The van der Waals surface area contributed by atoms with Gasteiger partial charge in [0.05, 0.1) is 17.6 Å². The highest BCUT2D eigenvalue weighted by molar-refractivity contribution is 6.08. The molecule has 0 spiro atoms. The summed E-state index contributed by atoms with van der Waals surface area (Å²) < 4.78 is 7.51. The number of para-hydroxylation sites is 2. The van der Waals surface area contributed by atoms with Crippen LogP contribution in [-0.4, -0.2) is 27.1 Å². The molecule has 0 saturated heterocycles. The molecule has 0 aliphatic heterocycles. The fraction of sp³-hybridized carbons (Fsp3) is 0.560. The fourth-order valence-electron chi connectivity index (χ4n) is 3.83. The minimum absolute atomic E-state index is 0.347. The van der Waals surface area contributed by atoms with E-state index in [1.807, 2.05) is 28.8 Å². The third-order valence-corrected chi connectivity index (χ3v) is 5.71. The summed E-state index contributed by atoms with van der Waals surface area (Å²) in [6.07, 6.45) is 9.16. The molecule has 0 atom stereocenters. The molecule has 0 fully saturated rings. The lowest BCUT2D eigenvalue weighted by molar-refractivity contribution is 0.0501. The van der Waals surface area contributed by atoms with Gasteiger partial charge in [0.1, 0.15) is 16.9 Å². The van der Waals surface area contributed by atoms with Crippen LogP contribution in [0.5, 0.6) is 0 Å². The number of carbonyl (C=O) groups excluding carboxylic acids is 1. The molecule has 6 heteroatoms.